The molecule has 0 unspecified atom stereocenters. The minimum atomic E-state index is -4.70. The molecule has 25 heavy (non-hydrogen) atoms. The van der Waals surface area contributed by atoms with Crippen LogP contribution >= 0.6 is 12.4 Å². The van der Waals surface area contributed by atoms with Gasteiger partial charge < -0.3 is 14.9 Å². The highest BCUT2D eigenvalue weighted by atomic mass is 35.5. The van der Waals surface area contributed by atoms with Gasteiger partial charge in [0.2, 0.25) is 8.32 Å². The van der Waals surface area contributed by atoms with Crippen LogP contribution in [0, 0.1) is 0 Å². The summed E-state index contributed by atoms with van der Waals surface area (Å²) in [5.74, 6) is 0.524. The number of benzene rings is 2. The van der Waals surface area contributed by atoms with Crippen LogP contribution in [-0.4, -0.2) is 14.7 Å². The van der Waals surface area contributed by atoms with Gasteiger partial charge in [-0.3, -0.25) is 0 Å². The SMILES string of the molecule is C[Si](C)(C)Oc1ccc([C@H](N)c2ccc(OC(F)(F)F)cc2)cc1.Cl. The van der Waals surface area contributed by atoms with Crippen molar-refractivity contribution in [2.24, 2.45) is 5.73 Å². The third-order valence-electron chi connectivity index (χ3n) is 3.14. The molecule has 2 N–H and O–H groups in total. The molecule has 0 radical (unpaired) electrons. The first-order chi connectivity index (χ1) is 11.0. The Hall–Kier alpha value is -1.70. The summed E-state index contributed by atoms with van der Waals surface area (Å²) in [6.07, 6.45) is -4.70. The summed E-state index contributed by atoms with van der Waals surface area (Å²) in [5.41, 5.74) is 7.72. The van der Waals surface area contributed by atoms with Crippen molar-refractivity contribution in [3.63, 3.8) is 0 Å². The van der Waals surface area contributed by atoms with Crippen molar-refractivity contribution in [3.8, 4) is 11.5 Å². The van der Waals surface area contributed by atoms with E-state index in [1.54, 1.807) is 0 Å². The van der Waals surface area contributed by atoms with Gasteiger partial charge in [-0.2, -0.15) is 0 Å². The second-order valence-electron chi connectivity index (χ2n) is 6.38. The van der Waals surface area contributed by atoms with Crippen molar-refractivity contribution in [1.29, 1.82) is 0 Å². The predicted octanol–water partition coefficient (Wildman–Crippen LogP) is 5.27. The third kappa shape index (κ3) is 6.97. The highest BCUT2D eigenvalue weighted by Crippen LogP contribution is 2.27. The molecule has 0 aliphatic rings. The molecule has 1 atom stereocenters. The number of hydrogen-bond donors (Lipinski definition) is 1. The van der Waals surface area contributed by atoms with E-state index >= 15 is 0 Å². The van der Waals surface area contributed by atoms with Crippen LogP contribution in [0.3, 0.4) is 0 Å². The average molecular weight is 392 g/mol. The molecule has 0 aliphatic carbocycles. The molecule has 0 amide bonds. The van der Waals surface area contributed by atoms with Gasteiger partial charge in [0.25, 0.3) is 0 Å². The molecule has 0 heterocycles. The van der Waals surface area contributed by atoms with E-state index in [4.69, 9.17) is 10.2 Å². The molecule has 2 aromatic carbocycles. The topological polar surface area (TPSA) is 44.5 Å². The summed E-state index contributed by atoms with van der Waals surface area (Å²) in [6.45, 7) is 6.28. The fourth-order valence-corrected chi connectivity index (χ4v) is 3.01. The lowest BCUT2D eigenvalue weighted by atomic mass is 9.99. The van der Waals surface area contributed by atoms with Crippen LogP contribution in [0.15, 0.2) is 48.5 Å². The maximum atomic E-state index is 12.2. The van der Waals surface area contributed by atoms with Crippen LogP contribution in [0.1, 0.15) is 17.2 Å². The second kappa shape index (κ2) is 8.12. The molecule has 0 aliphatic heterocycles. The highest BCUT2D eigenvalue weighted by molar-refractivity contribution is 6.70. The van der Waals surface area contributed by atoms with E-state index in [1.807, 2.05) is 24.3 Å². The van der Waals surface area contributed by atoms with Gasteiger partial charge in [0.05, 0.1) is 6.04 Å². The third-order valence-corrected chi connectivity index (χ3v) is 3.98. The maximum Gasteiger partial charge on any atom is 0.573 e. The van der Waals surface area contributed by atoms with Crippen molar-refractivity contribution in [3.05, 3.63) is 59.7 Å². The minimum Gasteiger partial charge on any atom is -0.544 e. The zero-order valence-electron chi connectivity index (χ0n) is 14.1. The van der Waals surface area contributed by atoms with Crippen molar-refractivity contribution in [1.82, 2.24) is 0 Å². The van der Waals surface area contributed by atoms with Crippen LogP contribution in [0.5, 0.6) is 11.5 Å². The molecule has 8 heteroatoms. The van der Waals surface area contributed by atoms with Gasteiger partial charge >= 0.3 is 6.36 Å². The summed E-state index contributed by atoms with van der Waals surface area (Å²) in [7, 11) is -1.67. The zero-order chi connectivity index (χ0) is 18.0. The average Bonchev–Trinajstić information content (AvgIpc) is 2.45. The first-order valence-electron chi connectivity index (χ1n) is 7.44. The van der Waals surface area contributed by atoms with E-state index in [0.29, 0.717) is 5.56 Å². The molecular formula is C17H21ClF3NO2Si. The lowest BCUT2D eigenvalue weighted by molar-refractivity contribution is -0.274. The van der Waals surface area contributed by atoms with E-state index in [0.717, 1.165) is 11.3 Å². The maximum absolute atomic E-state index is 12.2. The molecule has 2 rings (SSSR count). The van der Waals surface area contributed by atoms with Crippen LogP contribution in [0.4, 0.5) is 13.2 Å². The fraction of sp³-hybridized carbons (Fsp3) is 0.294. The Kier molecular flexibility index (Phi) is 6.93. The standard InChI is InChI=1S/C17H20F3NO2Si.ClH/c1-24(2,3)23-15-10-6-13(7-11-15)16(21)12-4-8-14(9-5-12)22-17(18,19)20;/h4-11,16H,21H2,1-3H3;1H/t16-;/m1./s1. The van der Waals surface area contributed by atoms with E-state index in [2.05, 4.69) is 24.4 Å². The Morgan fingerprint density at radius 2 is 1.24 bits per heavy atom. The number of ether oxygens (including phenoxy) is 1. The van der Waals surface area contributed by atoms with Gasteiger partial charge in [-0.15, -0.1) is 25.6 Å². The smallest absolute Gasteiger partial charge is 0.544 e. The minimum absolute atomic E-state index is 0. The van der Waals surface area contributed by atoms with E-state index in [1.165, 1.54) is 24.3 Å². The molecule has 3 nitrogen and oxygen atoms in total. The Bertz CT molecular complexity index is 611. The Balaban J connectivity index is 0.00000312. The molecule has 0 aromatic heterocycles. The molecule has 2 aromatic rings. The van der Waals surface area contributed by atoms with Gasteiger partial charge in [0.15, 0.2) is 0 Å². The predicted molar refractivity (Wildman–Crippen MR) is 96.8 cm³/mol. The monoisotopic (exact) mass is 391 g/mol. The number of hydrogen-bond acceptors (Lipinski definition) is 3. The van der Waals surface area contributed by atoms with Crippen molar-refractivity contribution in [2.45, 2.75) is 32.0 Å². The first kappa shape index (κ1) is 21.3. The number of nitrogens with two attached hydrogens (primary N) is 1. The normalized spacial score (nSPS) is 12.9. The molecular weight excluding hydrogens is 371 g/mol. The fourth-order valence-electron chi connectivity index (χ4n) is 2.17. The molecule has 0 saturated carbocycles. The Labute approximate surface area is 152 Å². The van der Waals surface area contributed by atoms with Gasteiger partial charge in [-0.25, -0.2) is 0 Å². The number of alkyl halides is 3. The zero-order valence-corrected chi connectivity index (χ0v) is 15.9. The summed E-state index contributed by atoms with van der Waals surface area (Å²) in [5, 5.41) is 0. The Morgan fingerprint density at radius 3 is 1.60 bits per heavy atom. The van der Waals surface area contributed by atoms with Gasteiger partial charge in [-0.1, -0.05) is 24.3 Å². The van der Waals surface area contributed by atoms with Gasteiger partial charge in [-0.05, 0) is 55.0 Å². The van der Waals surface area contributed by atoms with Crippen LogP contribution < -0.4 is 14.9 Å². The van der Waals surface area contributed by atoms with Crippen molar-refractivity contribution in [2.75, 3.05) is 0 Å². The summed E-state index contributed by atoms with van der Waals surface area (Å²) in [6, 6.07) is 12.6. The second-order valence-corrected chi connectivity index (χ2v) is 10.8. The van der Waals surface area contributed by atoms with Gasteiger partial charge in [0.1, 0.15) is 11.5 Å². The van der Waals surface area contributed by atoms with E-state index in [9.17, 15) is 13.2 Å². The van der Waals surface area contributed by atoms with E-state index < -0.39 is 20.7 Å². The van der Waals surface area contributed by atoms with Crippen LogP contribution in [-0.2, 0) is 0 Å². The lowest BCUT2D eigenvalue weighted by Crippen LogP contribution is -2.29. The molecule has 138 valence electrons. The highest BCUT2D eigenvalue weighted by Gasteiger charge is 2.31. The van der Waals surface area contributed by atoms with E-state index in [-0.39, 0.29) is 18.2 Å². The van der Waals surface area contributed by atoms with Gasteiger partial charge in [0, 0.05) is 0 Å². The molecule has 0 fully saturated rings. The summed E-state index contributed by atoms with van der Waals surface area (Å²) >= 11 is 0. The Morgan fingerprint density at radius 1 is 0.840 bits per heavy atom. The van der Waals surface area contributed by atoms with Crippen LogP contribution in [0.2, 0.25) is 19.6 Å². The number of rotatable bonds is 5. The molecule has 0 spiro atoms. The molecule has 0 saturated heterocycles. The largest absolute Gasteiger partial charge is 0.573 e. The summed E-state index contributed by atoms with van der Waals surface area (Å²) in [4.78, 5) is 0. The first-order valence-corrected chi connectivity index (χ1v) is 10.8. The number of halogens is 4. The van der Waals surface area contributed by atoms with Crippen molar-refractivity contribution >= 4 is 20.7 Å². The van der Waals surface area contributed by atoms with Crippen LogP contribution in [0.25, 0.3) is 0 Å². The quantitative estimate of drug-likeness (QED) is 0.706. The summed E-state index contributed by atoms with van der Waals surface area (Å²) < 4.78 is 46.2. The lowest BCUT2D eigenvalue weighted by Gasteiger charge is -2.20. The van der Waals surface area contributed by atoms with Crippen molar-refractivity contribution < 1.29 is 22.3 Å². The molecule has 0 bridgehead atoms.